The van der Waals surface area contributed by atoms with Crippen LogP contribution in [0.3, 0.4) is 0 Å². The molecule has 3 nitrogen and oxygen atoms in total. The maximum atomic E-state index is 11.4. The molecule has 0 aromatic rings. The number of sulfone groups is 1. The van der Waals surface area contributed by atoms with Crippen LogP contribution < -0.4 is 6.15 Å². The van der Waals surface area contributed by atoms with Crippen LogP contribution in [0.4, 0.5) is 0 Å². The lowest BCUT2D eigenvalue weighted by molar-refractivity contribution is 0.586. The van der Waals surface area contributed by atoms with E-state index in [0.717, 1.165) is 38.5 Å². The van der Waals surface area contributed by atoms with Gasteiger partial charge in [-0.25, -0.2) is 8.42 Å². The van der Waals surface area contributed by atoms with Crippen molar-refractivity contribution in [2.75, 3.05) is 11.5 Å². The molecule has 0 spiro atoms. The molecule has 0 unspecified atom stereocenters. The normalized spacial score (nSPS) is 11.0. The van der Waals surface area contributed by atoms with E-state index in [0.29, 0.717) is 11.5 Å². The summed E-state index contributed by atoms with van der Waals surface area (Å²) in [5, 5.41) is 0. The van der Waals surface area contributed by atoms with Crippen LogP contribution in [0.5, 0.6) is 0 Å². The van der Waals surface area contributed by atoms with Crippen molar-refractivity contribution in [2.45, 2.75) is 52.4 Å². The van der Waals surface area contributed by atoms with Crippen molar-refractivity contribution in [3.63, 3.8) is 0 Å². The number of unbranched alkanes of at least 4 members (excludes halogenated alkanes) is 4. The van der Waals surface area contributed by atoms with Crippen molar-refractivity contribution >= 4 is 9.84 Å². The molecular formula is C10H25NO2S. The van der Waals surface area contributed by atoms with E-state index in [-0.39, 0.29) is 6.15 Å². The summed E-state index contributed by atoms with van der Waals surface area (Å²) in [6.07, 6.45) is 5.92. The summed E-state index contributed by atoms with van der Waals surface area (Å²) in [4.78, 5) is 0. The fourth-order valence-electron chi connectivity index (χ4n) is 1.25. The Bertz CT molecular complexity index is 184. The fourth-order valence-corrected chi connectivity index (χ4v) is 2.74. The predicted molar refractivity (Wildman–Crippen MR) is 62.7 cm³/mol. The first kappa shape index (κ1) is 16.3. The highest BCUT2D eigenvalue weighted by Gasteiger charge is 2.08. The van der Waals surface area contributed by atoms with Crippen LogP contribution in [-0.4, -0.2) is 19.9 Å². The zero-order valence-electron chi connectivity index (χ0n) is 9.59. The van der Waals surface area contributed by atoms with Crippen molar-refractivity contribution in [1.82, 2.24) is 6.15 Å². The van der Waals surface area contributed by atoms with Gasteiger partial charge in [-0.3, -0.25) is 0 Å². The first-order valence-corrected chi connectivity index (χ1v) is 7.15. The molecule has 0 amide bonds. The van der Waals surface area contributed by atoms with Gasteiger partial charge in [0.1, 0.15) is 9.84 Å². The summed E-state index contributed by atoms with van der Waals surface area (Å²) in [6, 6.07) is 0. The third kappa shape index (κ3) is 9.99. The first-order valence-electron chi connectivity index (χ1n) is 5.32. The molecule has 0 radical (unpaired) electrons. The van der Waals surface area contributed by atoms with E-state index in [4.69, 9.17) is 0 Å². The van der Waals surface area contributed by atoms with Crippen LogP contribution >= 0.6 is 0 Å². The predicted octanol–water partition coefficient (Wildman–Crippen LogP) is 2.94. The van der Waals surface area contributed by atoms with Gasteiger partial charge in [0.25, 0.3) is 0 Å². The monoisotopic (exact) mass is 223 g/mol. The van der Waals surface area contributed by atoms with Crippen molar-refractivity contribution in [3.8, 4) is 0 Å². The summed E-state index contributed by atoms with van der Waals surface area (Å²) < 4.78 is 22.8. The standard InChI is InChI=1S/C10H22O2S.H3N/c1-3-5-7-9-13(11,12)10-8-6-4-2;/h3-10H2,1-2H3;1H3. The second-order valence-electron chi connectivity index (χ2n) is 3.57. The maximum absolute atomic E-state index is 11.4. The van der Waals surface area contributed by atoms with Crippen LogP contribution in [0.2, 0.25) is 0 Å². The van der Waals surface area contributed by atoms with Gasteiger partial charge in [-0.15, -0.1) is 0 Å². The summed E-state index contributed by atoms with van der Waals surface area (Å²) in [7, 11) is -2.73. The summed E-state index contributed by atoms with van der Waals surface area (Å²) in [5.74, 6) is 0.787. The maximum Gasteiger partial charge on any atom is 0.150 e. The lowest BCUT2D eigenvalue weighted by atomic mass is 10.3. The molecule has 88 valence electrons. The molecule has 0 bridgehead atoms. The van der Waals surface area contributed by atoms with Crippen molar-refractivity contribution in [1.29, 1.82) is 0 Å². The second kappa shape index (κ2) is 9.46. The van der Waals surface area contributed by atoms with Crippen LogP contribution in [0.25, 0.3) is 0 Å². The van der Waals surface area contributed by atoms with Crippen LogP contribution in [-0.2, 0) is 9.84 Å². The van der Waals surface area contributed by atoms with Gasteiger partial charge >= 0.3 is 0 Å². The average molecular weight is 223 g/mol. The molecule has 4 heteroatoms. The van der Waals surface area contributed by atoms with E-state index in [1.165, 1.54) is 0 Å². The smallest absolute Gasteiger partial charge is 0.150 e. The van der Waals surface area contributed by atoms with E-state index in [1.54, 1.807) is 0 Å². The zero-order valence-corrected chi connectivity index (χ0v) is 10.4. The zero-order chi connectivity index (χ0) is 10.2. The van der Waals surface area contributed by atoms with E-state index in [9.17, 15) is 8.42 Å². The lowest BCUT2D eigenvalue weighted by Gasteiger charge is -2.02. The topological polar surface area (TPSA) is 69.1 Å². The van der Waals surface area contributed by atoms with Crippen molar-refractivity contribution < 1.29 is 8.42 Å². The highest BCUT2D eigenvalue weighted by atomic mass is 32.2. The van der Waals surface area contributed by atoms with Gasteiger partial charge in [-0.1, -0.05) is 39.5 Å². The molecule has 0 aromatic carbocycles. The highest BCUT2D eigenvalue weighted by Crippen LogP contribution is 2.04. The highest BCUT2D eigenvalue weighted by molar-refractivity contribution is 7.91. The van der Waals surface area contributed by atoms with Gasteiger partial charge in [0.15, 0.2) is 0 Å². The fraction of sp³-hybridized carbons (Fsp3) is 1.00. The Labute approximate surface area is 88.8 Å². The molecule has 3 N–H and O–H groups in total. The summed E-state index contributed by atoms with van der Waals surface area (Å²) in [5.41, 5.74) is 0. The van der Waals surface area contributed by atoms with Crippen molar-refractivity contribution in [3.05, 3.63) is 0 Å². The van der Waals surface area contributed by atoms with Crippen LogP contribution in [0.1, 0.15) is 52.4 Å². The third-order valence-electron chi connectivity index (χ3n) is 2.12. The number of hydrogen-bond acceptors (Lipinski definition) is 3. The van der Waals surface area contributed by atoms with Gasteiger partial charge in [0, 0.05) is 0 Å². The first-order chi connectivity index (χ1) is 6.12. The van der Waals surface area contributed by atoms with Crippen LogP contribution in [0.15, 0.2) is 0 Å². The largest absolute Gasteiger partial charge is 0.344 e. The Morgan fingerprint density at radius 3 is 1.43 bits per heavy atom. The van der Waals surface area contributed by atoms with Gasteiger partial charge < -0.3 is 6.15 Å². The molecule has 0 aliphatic heterocycles. The molecule has 0 saturated carbocycles. The van der Waals surface area contributed by atoms with Gasteiger partial charge in [-0.2, -0.15) is 0 Å². The Balaban J connectivity index is 0. The Morgan fingerprint density at radius 2 is 1.14 bits per heavy atom. The summed E-state index contributed by atoms with van der Waals surface area (Å²) >= 11 is 0. The minimum absolute atomic E-state index is 0. The van der Waals surface area contributed by atoms with Gasteiger partial charge in [0.2, 0.25) is 0 Å². The number of hydrogen-bond donors (Lipinski definition) is 1. The number of rotatable bonds is 8. The third-order valence-corrected chi connectivity index (χ3v) is 3.94. The van der Waals surface area contributed by atoms with E-state index < -0.39 is 9.84 Å². The molecule has 0 saturated heterocycles. The lowest BCUT2D eigenvalue weighted by Crippen LogP contribution is -2.10. The van der Waals surface area contributed by atoms with Gasteiger partial charge in [-0.05, 0) is 12.8 Å². The minimum Gasteiger partial charge on any atom is -0.344 e. The van der Waals surface area contributed by atoms with E-state index in [1.807, 2.05) is 0 Å². The quantitative estimate of drug-likeness (QED) is 0.643. The van der Waals surface area contributed by atoms with Crippen LogP contribution in [0, 0.1) is 0 Å². The molecule has 0 heterocycles. The Hall–Kier alpha value is -0.0900. The van der Waals surface area contributed by atoms with E-state index in [2.05, 4.69) is 13.8 Å². The van der Waals surface area contributed by atoms with Gasteiger partial charge in [0.05, 0.1) is 11.5 Å². The Morgan fingerprint density at radius 1 is 0.786 bits per heavy atom. The molecule has 0 aliphatic carbocycles. The molecule has 14 heavy (non-hydrogen) atoms. The molecule has 0 aromatic heterocycles. The van der Waals surface area contributed by atoms with E-state index >= 15 is 0 Å². The molecular weight excluding hydrogens is 198 g/mol. The second-order valence-corrected chi connectivity index (χ2v) is 5.87. The molecule has 0 atom stereocenters. The Kier molecular flexibility index (Phi) is 11.0. The minimum atomic E-state index is -2.73. The SMILES string of the molecule is CCCCCS(=O)(=O)CCCCC.N. The molecule has 0 aliphatic rings. The average Bonchev–Trinajstić information content (AvgIpc) is 2.05. The molecule has 0 fully saturated rings. The summed E-state index contributed by atoms with van der Waals surface area (Å²) in [6.45, 7) is 4.17. The molecule has 0 rings (SSSR count). The van der Waals surface area contributed by atoms with Crippen molar-refractivity contribution in [2.24, 2.45) is 0 Å².